The standard InChI is InChI=1S/C16H32N2O/c1-4-13-7-8-16(19)14(10-13)11-17(2)12-15-6-5-9-18(15)3/h13-16,19H,4-12H2,1-3H3. The first-order valence-corrected chi connectivity index (χ1v) is 8.17. The number of hydrogen-bond donors (Lipinski definition) is 1. The summed E-state index contributed by atoms with van der Waals surface area (Å²) in [5.41, 5.74) is 0. The third-order valence-corrected chi connectivity index (χ3v) is 5.37. The van der Waals surface area contributed by atoms with E-state index in [2.05, 4.69) is 30.8 Å². The third kappa shape index (κ3) is 4.17. The maximum atomic E-state index is 10.2. The van der Waals surface area contributed by atoms with Crippen molar-refractivity contribution in [3.63, 3.8) is 0 Å². The van der Waals surface area contributed by atoms with Gasteiger partial charge in [0.15, 0.2) is 0 Å². The molecule has 19 heavy (non-hydrogen) atoms. The molecule has 4 atom stereocenters. The molecule has 4 unspecified atom stereocenters. The van der Waals surface area contributed by atoms with Crippen molar-refractivity contribution in [3.8, 4) is 0 Å². The van der Waals surface area contributed by atoms with E-state index in [0.29, 0.717) is 5.92 Å². The van der Waals surface area contributed by atoms with Crippen molar-refractivity contribution in [2.45, 2.75) is 57.6 Å². The van der Waals surface area contributed by atoms with Crippen LogP contribution in [0.2, 0.25) is 0 Å². The minimum atomic E-state index is -0.0634. The summed E-state index contributed by atoms with van der Waals surface area (Å²) in [5.74, 6) is 1.34. The van der Waals surface area contributed by atoms with E-state index in [9.17, 15) is 5.11 Å². The first-order valence-electron chi connectivity index (χ1n) is 8.17. The average molecular weight is 268 g/mol. The third-order valence-electron chi connectivity index (χ3n) is 5.37. The minimum Gasteiger partial charge on any atom is -0.393 e. The summed E-state index contributed by atoms with van der Waals surface area (Å²) < 4.78 is 0. The van der Waals surface area contributed by atoms with Gasteiger partial charge in [-0.25, -0.2) is 0 Å². The summed E-state index contributed by atoms with van der Waals surface area (Å²) >= 11 is 0. The smallest absolute Gasteiger partial charge is 0.0580 e. The molecule has 0 aromatic carbocycles. The van der Waals surface area contributed by atoms with Gasteiger partial charge in [0.25, 0.3) is 0 Å². The SMILES string of the molecule is CCC1CCC(O)C(CN(C)CC2CCCN2C)C1. The van der Waals surface area contributed by atoms with Gasteiger partial charge in [0.05, 0.1) is 6.10 Å². The molecule has 2 fully saturated rings. The van der Waals surface area contributed by atoms with E-state index in [1.54, 1.807) is 0 Å². The molecule has 0 radical (unpaired) electrons. The second-order valence-corrected chi connectivity index (χ2v) is 6.91. The highest BCUT2D eigenvalue weighted by Crippen LogP contribution is 2.31. The van der Waals surface area contributed by atoms with E-state index < -0.39 is 0 Å². The van der Waals surface area contributed by atoms with Crippen LogP contribution in [0, 0.1) is 11.8 Å². The lowest BCUT2D eigenvalue weighted by Crippen LogP contribution is -2.42. The molecule has 1 aliphatic carbocycles. The molecule has 0 amide bonds. The molecule has 3 heteroatoms. The molecule has 1 saturated carbocycles. The molecule has 1 N–H and O–H groups in total. The summed E-state index contributed by atoms with van der Waals surface area (Å²) in [7, 11) is 4.47. The summed E-state index contributed by atoms with van der Waals surface area (Å²) in [6.45, 7) is 5.78. The van der Waals surface area contributed by atoms with Gasteiger partial charge in [-0.1, -0.05) is 13.3 Å². The quantitative estimate of drug-likeness (QED) is 0.828. The monoisotopic (exact) mass is 268 g/mol. The van der Waals surface area contributed by atoms with Crippen LogP contribution in [0.25, 0.3) is 0 Å². The van der Waals surface area contributed by atoms with Crippen LogP contribution in [0.15, 0.2) is 0 Å². The van der Waals surface area contributed by atoms with Crippen LogP contribution >= 0.6 is 0 Å². The fourth-order valence-electron chi connectivity index (χ4n) is 3.96. The Morgan fingerprint density at radius 1 is 1.21 bits per heavy atom. The number of rotatable bonds is 5. The summed E-state index contributed by atoms with van der Waals surface area (Å²) in [4.78, 5) is 4.95. The second kappa shape index (κ2) is 7.05. The zero-order valence-electron chi connectivity index (χ0n) is 13.0. The summed E-state index contributed by atoms with van der Waals surface area (Å²) in [5, 5.41) is 10.2. The predicted molar refractivity (Wildman–Crippen MR) is 80.3 cm³/mol. The number of likely N-dealkylation sites (tertiary alicyclic amines) is 1. The van der Waals surface area contributed by atoms with Crippen LogP contribution in [0.3, 0.4) is 0 Å². The highest BCUT2D eigenvalue weighted by Gasteiger charge is 2.30. The molecule has 0 aromatic rings. The van der Waals surface area contributed by atoms with Crippen molar-refractivity contribution >= 4 is 0 Å². The Kier molecular flexibility index (Phi) is 5.67. The zero-order chi connectivity index (χ0) is 13.8. The Bertz CT molecular complexity index is 271. The maximum absolute atomic E-state index is 10.2. The molecule has 2 aliphatic rings. The molecular weight excluding hydrogens is 236 g/mol. The lowest BCUT2D eigenvalue weighted by atomic mass is 9.78. The predicted octanol–water partition coefficient (Wildman–Crippen LogP) is 2.20. The van der Waals surface area contributed by atoms with Crippen LogP contribution in [0.1, 0.15) is 45.4 Å². The van der Waals surface area contributed by atoms with Gasteiger partial charge in [0.2, 0.25) is 0 Å². The topological polar surface area (TPSA) is 26.7 Å². The number of likely N-dealkylation sites (N-methyl/N-ethyl adjacent to an activating group) is 2. The fourth-order valence-corrected chi connectivity index (χ4v) is 3.96. The van der Waals surface area contributed by atoms with Crippen LogP contribution < -0.4 is 0 Å². The van der Waals surface area contributed by atoms with E-state index in [1.165, 1.54) is 38.6 Å². The molecule has 0 bridgehead atoms. The van der Waals surface area contributed by atoms with Crippen molar-refractivity contribution in [3.05, 3.63) is 0 Å². The van der Waals surface area contributed by atoms with E-state index in [4.69, 9.17) is 0 Å². The highest BCUT2D eigenvalue weighted by molar-refractivity contribution is 4.83. The Labute approximate surface area is 119 Å². The summed E-state index contributed by atoms with van der Waals surface area (Å²) in [6, 6.07) is 0.729. The Morgan fingerprint density at radius 3 is 2.63 bits per heavy atom. The van der Waals surface area contributed by atoms with Gasteiger partial charge >= 0.3 is 0 Å². The molecule has 3 nitrogen and oxygen atoms in total. The molecule has 1 heterocycles. The summed E-state index contributed by atoms with van der Waals surface area (Å²) in [6.07, 6.45) is 7.36. The first kappa shape index (κ1) is 15.3. The number of aliphatic hydroxyl groups is 1. The first-order chi connectivity index (χ1) is 9.10. The number of aliphatic hydroxyl groups excluding tert-OH is 1. The molecule has 2 rings (SSSR count). The molecule has 1 aliphatic heterocycles. The molecule has 0 spiro atoms. The van der Waals surface area contributed by atoms with Gasteiger partial charge in [-0.15, -0.1) is 0 Å². The largest absolute Gasteiger partial charge is 0.393 e. The van der Waals surface area contributed by atoms with E-state index in [-0.39, 0.29) is 6.10 Å². The lowest BCUT2D eigenvalue weighted by Gasteiger charge is -2.36. The average Bonchev–Trinajstić information content (AvgIpc) is 2.78. The molecule has 112 valence electrons. The van der Waals surface area contributed by atoms with Crippen molar-refractivity contribution < 1.29 is 5.11 Å². The van der Waals surface area contributed by atoms with Crippen molar-refractivity contribution in [2.24, 2.45) is 11.8 Å². The Hall–Kier alpha value is -0.120. The Balaban J connectivity index is 1.78. The fraction of sp³-hybridized carbons (Fsp3) is 1.00. The van der Waals surface area contributed by atoms with Gasteiger partial charge in [-0.2, -0.15) is 0 Å². The van der Waals surface area contributed by atoms with Gasteiger partial charge in [-0.05, 0) is 64.6 Å². The van der Waals surface area contributed by atoms with E-state index in [1.807, 2.05) is 0 Å². The van der Waals surface area contributed by atoms with Gasteiger partial charge in [0.1, 0.15) is 0 Å². The van der Waals surface area contributed by atoms with Crippen molar-refractivity contribution in [2.75, 3.05) is 33.7 Å². The number of hydrogen-bond acceptors (Lipinski definition) is 3. The van der Waals surface area contributed by atoms with Gasteiger partial charge < -0.3 is 14.9 Å². The highest BCUT2D eigenvalue weighted by atomic mass is 16.3. The second-order valence-electron chi connectivity index (χ2n) is 6.91. The molecular formula is C16H32N2O. The zero-order valence-corrected chi connectivity index (χ0v) is 13.0. The molecule has 1 saturated heterocycles. The van der Waals surface area contributed by atoms with E-state index in [0.717, 1.165) is 31.5 Å². The van der Waals surface area contributed by atoms with Gasteiger partial charge in [-0.3, -0.25) is 0 Å². The van der Waals surface area contributed by atoms with Crippen molar-refractivity contribution in [1.82, 2.24) is 9.80 Å². The maximum Gasteiger partial charge on any atom is 0.0580 e. The Morgan fingerprint density at radius 2 is 2.00 bits per heavy atom. The molecule has 0 aromatic heterocycles. The van der Waals surface area contributed by atoms with Crippen LogP contribution in [-0.4, -0.2) is 60.8 Å². The van der Waals surface area contributed by atoms with Gasteiger partial charge in [0, 0.05) is 19.1 Å². The lowest BCUT2D eigenvalue weighted by molar-refractivity contribution is 0.0281. The van der Waals surface area contributed by atoms with Crippen LogP contribution in [0.4, 0.5) is 0 Å². The minimum absolute atomic E-state index is 0.0634. The van der Waals surface area contributed by atoms with E-state index >= 15 is 0 Å². The van der Waals surface area contributed by atoms with Crippen LogP contribution in [0.5, 0.6) is 0 Å². The number of nitrogens with zero attached hydrogens (tertiary/aromatic N) is 2. The normalized spacial score (nSPS) is 37.1. The van der Waals surface area contributed by atoms with Crippen LogP contribution in [-0.2, 0) is 0 Å². The van der Waals surface area contributed by atoms with Crippen molar-refractivity contribution in [1.29, 1.82) is 0 Å².